The highest BCUT2D eigenvalue weighted by atomic mass is 32.2. The molecule has 1 atom stereocenters. The minimum Gasteiger partial charge on any atom is -0.444 e. The molecule has 1 aliphatic rings. The van der Waals surface area contributed by atoms with Crippen molar-refractivity contribution < 1.29 is 17.9 Å². The van der Waals surface area contributed by atoms with Crippen molar-refractivity contribution in [3.8, 4) is 6.07 Å². The molecule has 142 valence electrons. The summed E-state index contributed by atoms with van der Waals surface area (Å²) in [7, 11) is -3.64. The number of amides is 1. The SMILES string of the molecule is CC(C)(C)OC(=O)N[C@@H]1CCCN(S(=O)(=O)c2ccc(CC#N)cc2)C1. The average molecular weight is 379 g/mol. The van der Waals surface area contributed by atoms with Crippen LogP contribution >= 0.6 is 0 Å². The second kappa shape index (κ2) is 8.06. The number of hydrogen-bond acceptors (Lipinski definition) is 5. The zero-order valence-electron chi connectivity index (χ0n) is 15.4. The van der Waals surface area contributed by atoms with Crippen molar-refractivity contribution >= 4 is 16.1 Å². The van der Waals surface area contributed by atoms with Crippen molar-refractivity contribution in [3.05, 3.63) is 29.8 Å². The van der Waals surface area contributed by atoms with E-state index in [1.807, 2.05) is 6.07 Å². The molecule has 26 heavy (non-hydrogen) atoms. The Labute approximate surface area is 155 Å². The summed E-state index contributed by atoms with van der Waals surface area (Å²) in [5.41, 5.74) is 0.171. The van der Waals surface area contributed by atoms with Gasteiger partial charge in [-0.1, -0.05) is 12.1 Å². The van der Waals surface area contributed by atoms with E-state index in [2.05, 4.69) is 5.32 Å². The molecule has 1 aromatic carbocycles. The first-order valence-electron chi connectivity index (χ1n) is 8.57. The van der Waals surface area contributed by atoms with E-state index in [1.165, 1.54) is 16.4 Å². The number of sulfonamides is 1. The van der Waals surface area contributed by atoms with Crippen LogP contribution < -0.4 is 5.32 Å². The second-order valence-electron chi connectivity index (χ2n) is 7.33. The summed E-state index contributed by atoms with van der Waals surface area (Å²) in [6.45, 7) is 5.96. The highest BCUT2D eigenvalue weighted by molar-refractivity contribution is 7.89. The normalized spacial score (nSPS) is 18.8. The molecule has 0 unspecified atom stereocenters. The fourth-order valence-corrected chi connectivity index (χ4v) is 4.30. The molecule has 1 amide bonds. The Balaban J connectivity index is 2.05. The Morgan fingerprint density at radius 1 is 1.35 bits per heavy atom. The molecular formula is C18H25N3O4S. The maximum atomic E-state index is 12.8. The molecule has 2 rings (SSSR count). The zero-order chi connectivity index (χ0) is 19.4. The van der Waals surface area contributed by atoms with Gasteiger partial charge < -0.3 is 10.1 Å². The topological polar surface area (TPSA) is 99.5 Å². The van der Waals surface area contributed by atoms with E-state index in [1.54, 1.807) is 32.9 Å². The van der Waals surface area contributed by atoms with Gasteiger partial charge in [0.15, 0.2) is 0 Å². The van der Waals surface area contributed by atoms with Crippen LogP contribution in [0.3, 0.4) is 0 Å². The third-order valence-electron chi connectivity index (χ3n) is 3.95. The van der Waals surface area contributed by atoms with Gasteiger partial charge in [-0.2, -0.15) is 9.57 Å². The fourth-order valence-electron chi connectivity index (χ4n) is 2.77. The van der Waals surface area contributed by atoms with Gasteiger partial charge in [-0.3, -0.25) is 0 Å². The van der Waals surface area contributed by atoms with Gasteiger partial charge in [0.1, 0.15) is 5.60 Å². The van der Waals surface area contributed by atoms with Crippen molar-refractivity contribution in [2.45, 2.75) is 56.6 Å². The summed E-state index contributed by atoms with van der Waals surface area (Å²) in [5, 5.41) is 11.5. The quantitative estimate of drug-likeness (QED) is 0.866. The first-order valence-corrected chi connectivity index (χ1v) is 10.0. The van der Waals surface area contributed by atoms with Crippen molar-refractivity contribution in [2.75, 3.05) is 13.1 Å². The van der Waals surface area contributed by atoms with E-state index in [4.69, 9.17) is 10.00 Å². The molecule has 0 saturated carbocycles. The number of nitrogens with zero attached hydrogens (tertiary/aromatic N) is 2. The van der Waals surface area contributed by atoms with E-state index < -0.39 is 21.7 Å². The Morgan fingerprint density at radius 2 is 2.00 bits per heavy atom. The van der Waals surface area contributed by atoms with Crippen LogP contribution in [-0.4, -0.2) is 43.5 Å². The number of carbonyl (C=O) groups is 1. The predicted molar refractivity (Wildman–Crippen MR) is 96.9 cm³/mol. The summed E-state index contributed by atoms with van der Waals surface area (Å²) >= 11 is 0. The molecule has 1 heterocycles. The maximum absolute atomic E-state index is 12.8. The van der Waals surface area contributed by atoms with Crippen LogP contribution in [0.15, 0.2) is 29.2 Å². The van der Waals surface area contributed by atoms with Gasteiger partial charge in [0.05, 0.1) is 17.4 Å². The fraction of sp³-hybridized carbons (Fsp3) is 0.556. The number of alkyl carbamates (subject to hydrolysis) is 1. The van der Waals surface area contributed by atoms with Gasteiger partial charge in [-0.15, -0.1) is 0 Å². The summed E-state index contributed by atoms with van der Waals surface area (Å²) < 4.78 is 32.3. The lowest BCUT2D eigenvalue weighted by Crippen LogP contribution is -2.50. The van der Waals surface area contributed by atoms with Crippen molar-refractivity contribution in [3.63, 3.8) is 0 Å². The summed E-state index contributed by atoms with van der Waals surface area (Å²) in [4.78, 5) is 12.1. The molecule has 1 N–H and O–H groups in total. The van der Waals surface area contributed by atoms with Crippen LogP contribution in [0.25, 0.3) is 0 Å². The zero-order valence-corrected chi connectivity index (χ0v) is 16.2. The number of nitrogens with one attached hydrogen (secondary N) is 1. The molecule has 1 aromatic rings. The van der Waals surface area contributed by atoms with Crippen molar-refractivity contribution in [2.24, 2.45) is 0 Å². The summed E-state index contributed by atoms with van der Waals surface area (Å²) in [6, 6.07) is 8.09. The van der Waals surface area contributed by atoms with Gasteiger partial charge in [-0.05, 0) is 51.3 Å². The first-order chi connectivity index (χ1) is 12.1. The van der Waals surface area contributed by atoms with Crippen LogP contribution in [-0.2, 0) is 21.2 Å². The van der Waals surface area contributed by atoms with Gasteiger partial charge in [0, 0.05) is 19.1 Å². The van der Waals surface area contributed by atoms with E-state index in [0.717, 1.165) is 5.56 Å². The van der Waals surface area contributed by atoms with Gasteiger partial charge >= 0.3 is 6.09 Å². The molecule has 1 fully saturated rings. The second-order valence-corrected chi connectivity index (χ2v) is 9.27. The first kappa shape index (κ1) is 20.2. The van der Waals surface area contributed by atoms with Crippen LogP contribution in [0, 0.1) is 11.3 Å². The largest absolute Gasteiger partial charge is 0.444 e. The van der Waals surface area contributed by atoms with Crippen LogP contribution in [0.1, 0.15) is 39.2 Å². The van der Waals surface area contributed by atoms with Crippen molar-refractivity contribution in [1.29, 1.82) is 5.26 Å². The lowest BCUT2D eigenvalue weighted by Gasteiger charge is -2.32. The van der Waals surface area contributed by atoms with E-state index in [0.29, 0.717) is 19.4 Å². The number of piperidine rings is 1. The average Bonchev–Trinajstić information content (AvgIpc) is 2.54. The van der Waals surface area contributed by atoms with Gasteiger partial charge in [0.2, 0.25) is 10.0 Å². The monoisotopic (exact) mass is 379 g/mol. The number of hydrogen-bond donors (Lipinski definition) is 1. The Bertz CT molecular complexity index is 776. The molecular weight excluding hydrogens is 354 g/mol. The molecule has 7 nitrogen and oxygen atoms in total. The minimum absolute atomic E-state index is 0.192. The molecule has 0 aliphatic carbocycles. The number of ether oxygens (including phenoxy) is 1. The molecule has 0 spiro atoms. The van der Waals surface area contributed by atoms with Crippen LogP contribution in [0.5, 0.6) is 0 Å². The lowest BCUT2D eigenvalue weighted by molar-refractivity contribution is 0.0487. The van der Waals surface area contributed by atoms with E-state index in [-0.39, 0.29) is 23.9 Å². The van der Waals surface area contributed by atoms with Crippen LogP contribution in [0.4, 0.5) is 4.79 Å². The molecule has 0 bridgehead atoms. The Morgan fingerprint density at radius 3 is 2.58 bits per heavy atom. The van der Waals surface area contributed by atoms with Crippen molar-refractivity contribution in [1.82, 2.24) is 9.62 Å². The van der Waals surface area contributed by atoms with E-state index >= 15 is 0 Å². The molecule has 0 radical (unpaired) electrons. The molecule has 1 aliphatic heterocycles. The Hall–Kier alpha value is -2.11. The highest BCUT2D eigenvalue weighted by Crippen LogP contribution is 2.21. The van der Waals surface area contributed by atoms with Gasteiger partial charge in [-0.25, -0.2) is 13.2 Å². The molecule has 1 saturated heterocycles. The number of carbonyl (C=O) groups excluding carboxylic acids is 1. The maximum Gasteiger partial charge on any atom is 0.407 e. The number of rotatable bonds is 4. The van der Waals surface area contributed by atoms with Gasteiger partial charge in [0.25, 0.3) is 0 Å². The Kier molecular flexibility index (Phi) is 6.26. The lowest BCUT2D eigenvalue weighted by atomic mass is 10.1. The van der Waals surface area contributed by atoms with E-state index in [9.17, 15) is 13.2 Å². The molecule has 8 heteroatoms. The highest BCUT2D eigenvalue weighted by Gasteiger charge is 2.31. The number of benzene rings is 1. The standard InChI is InChI=1S/C18H25N3O4S/c1-18(2,3)25-17(22)20-15-5-4-12-21(13-15)26(23,24)16-8-6-14(7-9-16)10-11-19/h6-9,15H,4-5,10,12-13H2,1-3H3,(H,20,22)/t15-/m1/s1. The molecule has 0 aromatic heterocycles. The third-order valence-corrected chi connectivity index (χ3v) is 5.83. The summed E-state index contributed by atoms with van der Waals surface area (Å²) in [5.74, 6) is 0. The minimum atomic E-state index is -3.64. The summed E-state index contributed by atoms with van der Waals surface area (Å²) in [6.07, 6.45) is 1.06. The third kappa shape index (κ3) is 5.44. The smallest absolute Gasteiger partial charge is 0.407 e. The predicted octanol–water partition coefficient (Wildman–Crippen LogP) is 2.43. The van der Waals surface area contributed by atoms with Crippen LogP contribution in [0.2, 0.25) is 0 Å². The number of nitriles is 1.